The molecule has 0 saturated heterocycles. The van der Waals surface area contributed by atoms with Crippen LogP contribution in [0.2, 0.25) is 5.02 Å². The Morgan fingerprint density at radius 1 is 1.09 bits per heavy atom. The van der Waals surface area contributed by atoms with Crippen LogP contribution in [0.1, 0.15) is 22.3 Å². The van der Waals surface area contributed by atoms with Gasteiger partial charge in [0.2, 0.25) is 5.91 Å². The van der Waals surface area contributed by atoms with Gasteiger partial charge in [0.1, 0.15) is 23.1 Å². The summed E-state index contributed by atoms with van der Waals surface area (Å²) in [5, 5.41) is 7.50. The van der Waals surface area contributed by atoms with E-state index in [4.69, 9.17) is 21.1 Å². The third-order valence-corrected chi connectivity index (χ3v) is 5.54. The van der Waals surface area contributed by atoms with E-state index in [9.17, 15) is 4.79 Å². The molecule has 3 aromatic carbocycles. The van der Waals surface area contributed by atoms with Crippen molar-refractivity contribution in [2.75, 3.05) is 12.4 Å². The number of methoxy groups -OCH3 is 1. The number of carbonyl (C=O) groups is 1. The molecule has 1 aromatic heterocycles. The van der Waals surface area contributed by atoms with Crippen LogP contribution < -0.4 is 14.8 Å². The lowest BCUT2D eigenvalue weighted by molar-refractivity contribution is -0.111. The number of aryl methyl sites for hydroxylation is 1. The molecule has 0 unspecified atom stereocenters. The maximum absolute atomic E-state index is 12.5. The van der Waals surface area contributed by atoms with E-state index in [1.807, 2.05) is 79.7 Å². The van der Waals surface area contributed by atoms with Gasteiger partial charge in [0.15, 0.2) is 5.82 Å². The first-order valence-electron chi connectivity index (χ1n) is 11.1. The number of anilines is 1. The summed E-state index contributed by atoms with van der Waals surface area (Å²) in [6.45, 7) is 2.92. The van der Waals surface area contributed by atoms with Crippen molar-refractivity contribution in [3.05, 3.63) is 112 Å². The predicted molar refractivity (Wildman–Crippen MR) is 139 cm³/mol. The summed E-state index contributed by atoms with van der Waals surface area (Å²) in [4.78, 5) is 12.5. The van der Waals surface area contributed by atoms with E-state index in [0.717, 1.165) is 33.8 Å². The highest BCUT2D eigenvalue weighted by molar-refractivity contribution is 6.33. The molecule has 1 heterocycles. The number of aromatic nitrogens is 2. The monoisotopic (exact) mass is 487 g/mol. The maximum atomic E-state index is 12.5. The molecule has 7 heteroatoms. The summed E-state index contributed by atoms with van der Waals surface area (Å²) in [7, 11) is 1.62. The Morgan fingerprint density at radius 3 is 2.69 bits per heavy atom. The molecule has 4 rings (SSSR count). The molecule has 1 amide bonds. The van der Waals surface area contributed by atoms with Crippen molar-refractivity contribution in [3.8, 4) is 11.5 Å². The van der Waals surface area contributed by atoms with Gasteiger partial charge in [0.05, 0.1) is 13.7 Å². The molecule has 0 aliphatic rings. The number of rotatable bonds is 9. The van der Waals surface area contributed by atoms with Crippen molar-refractivity contribution in [1.29, 1.82) is 0 Å². The zero-order chi connectivity index (χ0) is 24.6. The fraction of sp³-hybridized carbons (Fsp3) is 0.143. The van der Waals surface area contributed by atoms with E-state index >= 15 is 0 Å². The van der Waals surface area contributed by atoms with E-state index in [1.54, 1.807) is 24.1 Å². The van der Waals surface area contributed by atoms with E-state index in [0.29, 0.717) is 24.0 Å². The molecule has 178 valence electrons. The van der Waals surface area contributed by atoms with Crippen LogP contribution in [0.25, 0.3) is 6.08 Å². The molecule has 0 spiro atoms. The Bertz CT molecular complexity index is 1330. The third-order valence-electron chi connectivity index (χ3n) is 5.26. The van der Waals surface area contributed by atoms with E-state index in [-0.39, 0.29) is 5.91 Å². The summed E-state index contributed by atoms with van der Waals surface area (Å²) in [5.74, 6) is 1.50. The van der Waals surface area contributed by atoms with Gasteiger partial charge in [-0.1, -0.05) is 60.1 Å². The van der Waals surface area contributed by atoms with E-state index in [1.165, 1.54) is 6.08 Å². The van der Waals surface area contributed by atoms with Crippen LogP contribution in [-0.2, 0) is 17.9 Å². The van der Waals surface area contributed by atoms with Crippen LogP contribution in [0.15, 0.2) is 85.1 Å². The fourth-order valence-corrected chi connectivity index (χ4v) is 3.74. The molecular formula is C28H26ClN3O3. The Morgan fingerprint density at radius 2 is 1.91 bits per heavy atom. The summed E-state index contributed by atoms with van der Waals surface area (Å²) in [6, 6.07) is 23.4. The highest BCUT2D eigenvalue weighted by Gasteiger charge is 2.10. The van der Waals surface area contributed by atoms with Crippen molar-refractivity contribution in [3.63, 3.8) is 0 Å². The molecule has 35 heavy (non-hydrogen) atoms. The number of carbonyl (C=O) groups excluding carboxylic acids is 1. The van der Waals surface area contributed by atoms with Gasteiger partial charge in [-0.2, -0.15) is 5.10 Å². The lowest BCUT2D eigenvalue weighted by Crippen LogP contribution is -2.09. The lowest BCUT2D eigenvalue weighted by atomic mass is 10.1. The molecule has 0 aliphatic heterocycles. The van der Waals surface area contributed by atoms with Gasteiger partial charge in [-0.3, -0.25) is 9.48 Å². The molecule has 0 aliphatic carbocycles. The highest BCUT2D eigenvalue weighted by atomic mass is 35.5. The molecule has 6 nitrogen and oxygen atoms in total. The number of nitrogens with one attached hydrogen (secondary N) is 1. The summed E-state index contributed by atoms with van der Waals surface area (Å²) < 4.78 is 13.1. The number of ether oxygens (including phenoxy) is 2. The Balaban J connectivity index is 1.40. The molecule has 0 bridgehead atoms. The molecule has 0 radical (unpaired) electrons. The van der Waals surface area contributed by atoms with Gasteiger partial charge >= 0.3 is 0 Å². The average molecular weight is 488 g/mol. The number of benzene rings is 3. The molecule has 0 fully saturated rings. The van der Waals surface area contributed by atoms with Crippen LogP contribution >= 0.6 is 11.6 Å². The van der Waals surface area contributed by atoms with Gasteiger partial charge < -0.3 is 14.8 Å². The first kappa shape index (κ1) is 24.1. The zero-order valence-electron chi connectivity index (χ0n) is 19.6. The van der Waals surface area contributed by atoms with Crippen LogP contribution in [0.4, 0.5) is 5.82 Å². The van der Waals surface area contributed by atoms with Crippen LogP contribution in [0, 0.1) is 6.92 Å². The number of hydrogen-bond acceptors (Lipinski definition) is 4. The molecular weight excluding hydrogens is 462 g/mol. The highest BCUT2D eigenvalue weighted by Crippen LogP contribution is 2.24. The van der Waals surface area contributed by atoms with Gasteiger partial charge in [-0.15, -0.1) is 0 Å². The Kier molecular flexibility index (Phi) is 7.85. The lowest BCUT2D eigenvalue weighted by Gasteiger charge is -2.11. The summed E-state index contributed by atoms with van der Waals surface area (Å²) in [5.41, 5.74) is 3.93. The van der Waals surface area contributed by atoms with Crippen molar-refractivity contribution >= 4 is 29.4 Å². The molecule has 0 saturated carbocycles. The Hall–Kier alpha value is -4.03. The van der Waals surface area contributed by atoms with Crippen LogP contribution in [0.3, 0.4) is 0 Å². The standard InChI is InChI=1S/C28H26ClN3O3/c1-20-7-6-10-24(15-20)35-19-23-16-21(11-13-26(23)34-2)12-14-27(33)30-28-25(29)18-32(31-28)17-22-8-4-3-5-9-22/h3-16,18H,17,19H2,1-2H3,(H,30,31,33)/b14-12+. The topological polar surface area (TPSA) is 65.4 Å². The first-order chi connectivity index (χ1) is 17.0. The van der Waals surface area contributed by atoms with Gasteiger partial charge in [-0.25, -0.2) is 0 Å². The maximum Gasteiger partial charge on any atom is 0.249 e. The SMILES string of the molecule is COc1ccc(/C=C/C(=O)Nc2nn(Cc3ccccc3)cc2Cl)cc1COc1cccc(C)c1. The average Bonchev–Trinajstić information content (AvgIpc) is 3.20. The second kappa shape index (κ2) is 11.4. The minimum atomic E-state index is -0.328. The number of halogens is 1. The van der Waals surface area contributed by atoms with Crippen molar-refractivity contribution in [1.82, 2.24) is 9.78 Å². The van der Waals surface area contributed by atoms with E-state index in [2.05, 4.69) is 10.4 Å². The molecule has 4 aromatic rings. The van der Waals surface area contributed by atoms with Crippen molar-refractivity contribution < 1.29 is 14.3 Å². The minimum absolute atomic E-state index is 0.319. The summed E-state index contributed by atoms with van der Waals surface area (Å²) >= 11 is 6.27. The largest absolute Gasteiger partial charge is 0.496 e. The quantitative estimate of drug-likeness (QED) is 0.288. The number of nitrogens with zero attached hydrogens (tertiary/aromatic N) is 2. The fourth-order valence-electron chi connectivity index (χ4n) is 3.54. The number of hydrogen-bond donors (Lipinski definition) is 1. The second-order valence-corrected chi connectivity index (χ2v) is 8.42. The molecule has 0 atom stereocenters. The van der Waals surface area contributed by atoms with Crippen LogP contribution in [-0.4, -0.2) is 22.8 Å². The van der Waals surface area contributed by atoms with Gasteiger partial charge in [-0.05, 0) is 54.0 Å². The smallest absolute Gasteiger partial charge is 0.249 e. The van der Waals surface area contributed by atoms with Crippen molar-refractivity contribution in [2.45, 2.75) is 20.1 Å². The second-order valence-electron chi connectivity index (χ2n) is 8.01. The van der Waals surface area contributed by atoms with Crippen LogP contribution in [0.5, 0.6) is 11.5 Å². The molecule has 1 N–H and O–H groups in total. The minimum Gasteiger partial charge on any atom is -0.496 e. The van der Waals surface area contributed by atoms with E-state index < -0.39 is 0 Å². The first-order valence-corrected chi connectivity index (χ1v) is 11.5. The number of amides is 1. The third kappa shape index (κ3) is 6.74. The van der Waals surface area contributed by atoms with Crippen molar-refractivity contribution in [2.24, 2.45) is 0 Å². The Labute approximate surface area is 209 Å². The summed E-state index contributed by atoms with van der Waals surface area (Å²) in [6.07, 6.45) is 4.86. The van der Waals surface area contributed by atoms with Gasteiger partial charge in [0, 0.05) is 17.8 Å². The van der Waals surface area contributed by atoms with Gasteiger partial charge in [0.25, 0.3) is 0 Å². The zero-order valence-corrected chi connectivity index (χ0v) is 20.3. The normalized spacial score (nSPS) is 10.9. The predicted octanol–water partition coefficient (Wildman–Crippen LogP) is 6.13.